The quantitative estimate of drug-likeness (QED) is 0.819. The Morgan fingerprint density at radius 1 is 1.00 bits per heavy atom. The van der Waals surface area contributed by atoms with Crippen LogP contribution in [0.1, 0.15) is 47.2 Å². The van der Waals surface area contributed by atoms with Crippen molar-refractivity contribution in [2.24, 2.45) is 0 Å². The lowest BCUT2D eigenvalue weighted by Crippen LogP contribution is -2.42. The second kappa shape index (κ2) is 4.31. The van der Waals surface area contributed by atoms with E-state index in [0.29, 0.717) is 0 Å². The van der Waals surface area contributed by atoms with Gasteiger partial charge >= 0.3 is 0 Å². The highest BCUT2D eigenvalue weighted by Gasteiger charge is 2.58. The van der Waals surface area contributed by atoms with E-state index in [0.717, 1.165) is 12.2 Å². The average Bonchev–Trinajstić information content (AvgIpc) is 2.88. The maximum Gasteiger partial charge on any atom is 0.125 e. The summed E-state index contributed by atoms with van der Waals surface area (Å²) in [6.45, 7) is 11.4. The van der Waals surface area contributed by atoms with Crippen LogP contribution in [0.5, 0.6) is 5.75 Å². The van der Waals surface area contributed by atoms with Crippen LogP contribution in [-0.2, 0) is 17.4 Å². The van der Waals surface area contributed by atoms with E-state index in [1.807, 2.05) is 0 Å². The number of benzene rings is 2. The highest BCUT2D eigenvalue weighted by atomic mass is 16.5. The molecule has 120 valence electrons. The van der Waals surface area contributed by atoms with Gasteiger partial charge in [-0.2, -0.15) is 0 Å². The Labute approximate surface area is 138 Å². The summed E-state index contributed by atoms with van der Waals surface area (Å²) < 4.78 is 5.76. The van der Waals surface area contributed by atoms with Crippen LogP contribution in [0.25, 0.3) is 0 Å². The van der Waals surface area contributed by atoms with Crippen molar-refractivity contribution < 1.29 is 4.74 Å². The zero-order chi connectivity index (χ0) is 16.6. The molecule has 0 saturated heterocycles. The Morgan fingerprint density at radius 3 is 2.39 bits per heavy atom. The first-order valence-electron chi connectivity index (χ1n) is 8.40. The number of hydrogen-bond donors (Lipinski definition) is 1. The maximum absolute atomic E-state index is 5.76. The lowest BCUT2D eigenvalue weighted by Gasteiger charge is -2.36. The Bertz CT molecular complexity index is 838. The molecule has 1 N–H and O–H groups in total. The van der Waals surface area contributed by atoms with Crippen molar-refractivity contribution >= 4 is 5.69 Å². The largest absolute Gasteiger partial charge is 0.496 e. The van der Waals surface area contributed by atoms with Gasteiger partial charge < -0.3 is 10.1 Å². The third-order valence-corrected chi connectivity index (χ3v) is 6.58. The summed E-state index contributed by atoms with van der Waals surface area (Å²) in [5.74, 6) is 1.05. The monoisotopic (exact) mass is 307 g/mol. The highest BCUT2D eigenvalue weighted by Crippen LogP contribution is 2.62. The van der Waals surface area contributed by atoms with Crippen LogP contribution < -0.4 is 10.1 Å². The molecule has 0 radical (unpaired) electrons. The van der Waals surface area contributed by atoms with E-state index in [-0.39, 0.29) is 11.0 Å². The van der Waals surface area contributed by atoms with E-state index >= 15 is 0 Å². The molecule has 0 spiro atoms. The molecule has 0 amide bonds. The summed E-state index contributed by atoms with van der Waals surface area (Å²) in [5.41, 5.74) is 9.52. The Hall–Kier alpha value is -1.96. The zero-order valence-corrected chi connectivity index (χ0v) is 14.9. The van der Waals surface area contributed by atoms with Crippen molar-refractivity contribution in [2.45, 2.75) is 52.0 Å². The van der Waals surface area contributed by atoms with Crippen LogP contribution in [0.15, 0.2) is 24.3 Å². The SMILES string of the molecule is COc1c(C)c(C)c2c(c1C)[C@]1(C)Cc3ccccc3[C@]1(C)N2. The van der Waals surface area contributed by atoms with E-state index < -0.39 is 0 Å². The third kappa shape index (κ3) is 1.50. The fourth-order valence-electron chi connectivity index (χ4n) is 5.09. The van der Waals surface area contributed by atoms with Gasteiger partial charge in [-0.15, -0.1) is 0 Å². The molecule has 0 aromatic heterocycles. The van der Waals surface area contributed by atoms with Crippen molar-refractivity contribution in [3.8, 4) is 5.75 Å². The second-order valence-electron chi connectivity index (χ2n) is 7.57. The first-order chi connectivity index (χ1) is 10.8. The normalized spacial score (nSPS) is 27.2. The Balaban J connectivity index is 2.05. The van der Waals surface area contributed by atoms with Crippen LogP contribution in [0.2, 0.25) is 0 Å². The smallest absolute Gasteiger partial charge is 0.125 e. The van der Waals surface area contributed by atoms with Gasteiger partial charge in [0.2, 0.25) is 0 Å². The molecule has 1 aliphatic carbocycles. The molecule has 1 heterocycles. The molecular formula is C21H25NO. The maximum atomic E-state index is 5.76. The van der Waals surface area contributed by atoms with Crippen LogP contribution >= 0.6 is 0 Å². The molecule has 2 nitrogen and oxygen atoms in total. The molecule has 2 aromatic rings. The van der Waals surface area contributed by atoms with Crippen LogP contribution in [0.3, 0.4) is 0 Å². The van der Waals surface area contributed by atoms with Gasteiger partial charge in [0.15, 0.2) is 0 Å². The summed E-state index contributed by atoms with van der Waals surface area (Å²) in [4.78, 5) is 0. The standard InChI is InChI=1S/C21H25NO/c1-12-13(2)19(23-6)14(3)17-18(12)22-21(5)16-10-8-7-9-15(16)11-20(17,21)4/h7-10,22H,11H2,1-6H3/t20-,21-/m0/s1. The third-order valence-electron chi connectivity index (χ3n) is 6.58. The second-order valence-corrected chi connectivity index (χ2v) is 7.57. The van der Waals surface area contributed by atoms with Crippen LogP contribution in [0.4, 0.5) is 5.69 Å². The van der Waals surface area contributed by atoms with Crippen LogP contribution in [0, 0.1) is 20.8 Å². The minimum atomic E-state index is -0.0553. The summed E-state index contributed by atoms with van der Waals surface area (Å²) in [7, 11) is 1.79. The van der Waals surface area contributed by atoms with Gasteiger partial charge in [-0.25, -0.2) is 0 Å². The number of hydrogen-bond acceptors (Lipinski definition) is 2. The molecule has 2 aliphatic rings. The topological polar surface area (TPSA) is 21.3 Å². The minimum Gasteiger partial charge on any atom is -0.496 e. The molecule has 0 unspecified atom stereocenters. The van der Waals surface area contributed by atoms with E-state index in [1.165, 1.54) is 39.1 Å². The van der Waals surface area contributed by atoms with E-state index in [1.54, 1.807) is 7.11 Å². The van der Waals surface area contributed by atoms with Crippen LogP contribution in [-0.4, -0.2) is 7.11 Å². The van der Waals surface area contributed by atoms with Crippen molar-refractivity contribution in [1.82, 2.24) is 0 Å². The first-order valence-corrected chi connectivity index (χ1v) is 8.40. The summed E-state index contributed by atoms with van der Waals surface area (Å²) in [5, 5.41) is 3.92. The highest BCUT2D eigenvalue weighted by molar-refractivity contribution is 5.78. The molecule has 4 rings (SSSR count). The average molecular weight is 307 g/mol. The molecule has 23 heavy (non-hydrogen) atoms. The molecular weight excluding hydrogens is 282 g/mol. The minimum absolute atomic E-state index is 0.0553. The van der Waals surface area contributed by atoms with Gasteiger partial charge in [0, 0.05) is 11.1 Å². The number of methoxy groups -OCH3 is 1. The molecule has 2 heteroatoms. The molecule has 0 saturated carbocycles. The lowest BCUT2D eigenvalue weighted by molar-refractivity contribution is 0.337. The number of ether oxygens (including phenoxy) is 1. The predicted octanol–water partition coefficient (Wildman–Crippen LogP) is 4.78. The summed E-state index contributed by atoms with van der Waals surface area (Å²) in [6.07, 6.45) is 1.08. The van der Waals surface area contributed by atoms with Gasteiger partial charge in [-0.3, -0.25) is 0 Å². The molecule has 1 aliphatic heterocycles. The zero-order valence-electron chi connectivity index (χ0n) is 14.9. The number of nitrogens with one attached hydrogen (secondary N) is 1. The van der Waals surface area contributed by atoms with E-state index in [4.69, 9.17) is 4.74 Å². The van der Waals surface area contributed by atoms with Crippen molar-refractivity contribution in [2.75, 3.05) is 12.4 Å². The van der Waals surface area contributed by atoms with Crippen molar-refractivity contribution in [3.05, 3.63) is 57.6 Å². The number of rotatable bonds is 1. The van der Waals surface area contributed by atoms with Crippen molar-refractivity contribution in [1.29, 1.82) is 0 Å². The lowest BCUT2D eigenvalue weighted by atomic mass is 9.69. The molecule has 2 aromatic carbocycles. The van der Waals surface area contributed by atoms with Crippen molar-refractivity contribution in [3.63, 3.8) is 0 Å². The Kier molecular flexibility index (Phi) is 2.74. The van der Waals surface area contributed by atoms with Gasteiger partial charge in [0.25, 0.3) is 0 Å². The van der Waals surface area contributed by atoms with Gasteiger partial charge in [-0.1, -0.05) is 31.2 Å². The predicted molar refractivity (Wildman–Crippen MR) is 95.7 cm³/mol. The molecule has 0 bridgehead atoms. The van der Waals surface area contributed by atoms with Gasteiger partial charge in [-0.05, 0) is 67.5 Å². The number of fused-ring (bicyclic) bond motifs is 5. The fraction of sp³-hybridized carbons (Fsp3) is 0.429. The fourth-order valence-corrected chi connectivity index (χ4v) is 5.09. The first kappa shape index (κ1) is 14.6. The summed E-state index contributed by atoms with van der Waals surface area (Å²) >= 11 is 0. The molecule has 2 atom stereocenters. The molecule has 0 fully saturated rings. The summed E-state index contributed by atoms with van der Waals surface area (Å²) in [6, 6.07) is 8.88. The van der Waals surface area contributed by atoms with Gasteiger partial charge in [0.05, 0.1) is 12.6 Å². The number of anilines is 1. The Morgan fingerprint density at radius 2 is 1.70 bits per heavy atom. The van der Waals surface area contributed by atoms with Gasteiger partial charge in [0.1, 0.15) is 5.75 Å². The van der Waals surface area contributed by atoms with E-state index in [9.17, 15) is 0 Å². The van der Waals surface area contributed by atoms with E-state index in [2.05, 4.69) is 64.2 Å².